The fourth-order valence-corrected chi connectivity index (χ4v) is 0.571. The Labute approximate surface area is 61.6 Å². The number of hydrogen-bond acceptors (Lipinski definition) is 2. The second-order valence-corrected chi connectivity index (χ2v) is 2.61. The van der Waals surface area contributed by atoms with E-state index in [0.717, 1.165) is 6.42 Å². The molecule has 10 heavy (non-hydrogen) atoms. The number of carbonyl (C=O) groups is 1. The Morgan fingerprint density at radius 1 is 1.70 bits per heavy atom. The number of hydrogen-bond donors (Lipinski definition) is 0. The quantitative estimate of drug-likeness (QED) is 0.561. The zero-order valence-electron chi connectivity index (χ0n) is 6.76. The molecule has 0 saturated carbocycles. The van der Waals surface area contributed by atoms with Crippen molar-refractivity contribution in [3.63, 3.8) is 0 Å². The highest BCUT2D eigenvalue weighted by molar-refractivity contribution is 5.76. The molecule has 0 spiro atoms. The standard InChI is InChI=1S/C7H14NO2/c1-4-6(2)5-7(9)8(3)10/h6H,4-5H2,1-3H3/q-1. The minimum atomic E-state index is -0.325. The molecule has 0 bridgehead atoms. The van der Waals surface area contributed by atoms with Gasteiger partial charge in [0.15, 0.2) is 0 Å². The smallest absolute Gasteiger partial charge is 0.212 e. The molecule has 0 aliphatic carbocycles. The monoisotopic (exact) mass is 144 g/mol. The van der Waals surface area contributed by atoms with Crippen molar-refractivity contribution in [2.24, 2.45) is 5.92 Å². The fourth-order valence-electron chi connectivity index (χ4n) is 0.571. The van der Waals surface area contributed by atoms with E-state index in [9.17, 15) is 10.0 Å². The van der Waals surface area contributed by atoms with Crippen LogP contribution in [0.5, 0.6) is 0 Å². The number of amides is 1. The highest BCUT2D eigenvalue weighted by Crippen LogP contribution is 2.07. The zero-order chi connectivity index (χ0) is 8.15. The molecule has 3 heteroatoms. The van der Waals surface area contributed by atoms with Crippen LogP contribution >= 0.6 is 0 Å². The van der Waals surface area contributed by atoms with Crippen LogP contribution in [0.15, 0.2) is 0 Å². The Kier molecular flexibility index (Phi) is 4.03. The van der Waals surface area contributed by atoms with E-state index in [0.29, 0.717) is 17.4 Å². The summed E-state index contributed by atoms with van der Waals surface area (Å²) in [4.78, 5) is 10.7. The van der Waals surface area contributed by atoms with Crippen LogP contribution in [-0.4, -0.2) is 18.0 Å². The predicted molar refractivity (Wildman–Crippen MR) is 40.2 cm³/mol. The summed E-state index contributed by atoms with van der Waals surface area (Å²) in [5.41, 5.74) is 0. The molecule has 60 valence electrons. The van der Waals surface area contributed by atoms with Gasteiger partial charge in [-0.2, -0.15) is 0 Å². The van der Waals surface area contributed by atoms with Crippen LogP contribution in [0, 0.1) is 11.1 Å². The summed E-state index contributed by atoms with van der Waals surface area (Å²) in [5, 5.41) is 10.8. The molecule has 0 rings (SSSR count). The lowest BCUT2D eigenvalue weighted by atomic mass is 10.1. The van der Waals surface area contributed by atoms with Crippen LogP contribution in [0.2, 0.25) is 0 Å². The molecule has 0 fully saturated rings. The first kappa shape index (κ1) is 9.43. The van der Waals surface area contributed by atoms with Gasteiger partial charge in [-0.15, -0.1) is 0 Å². The topological polar surface area (TPSA) is 43.4 Å². The Balaban J connectivity index is 3.57. The van der Waals surface area contributed by atoms with Crippen molar-refractivity contribution in [3.05, 3.63) is 5.21 Å². The summed E-state index contributed by atoms with van der Waals surface area (Å²) < 4.78 is 0. The Hall–Kier alpha value is -0.570. The molecule has 0 N–H and O–H groups in total. The summed E-state index contributed by atoms with van der Waals surface area (Å²) in [5.74, 6) is -0.00162. The van der Waals surface area contributed by atoms with Crippen molar-refractivity contribution in [1.29, 1.82) is 0 Å². The third-order valence-electron chi connectivity index (χ3n) is 1.57. The van der Waals surface area contributed by atoms with Crippen LogP contribution in [0.25, 0.3) is 0 Å². The lowest BCUT2D eigenvalue weighted by Crippen LogP contribution is -2.21. The number of hydroxylamine groups is 2. The lowest BCUT2D eigenvalue weighted by Gasteiger charge is -2.23. The number of carbonyl (C=O) groups excluding carboxylic acids is 1. The molecule has 0 aromatic carbocycles. The molecular formula is C7H14NO2-. The van der Waals surface area contributed by atoms with E-state index >= 15 is 0 Å². The minimum absolute atomic E-state index is 0.323. The molecule has 0 aliphatic rings. The lowest BCUT2D eigenvalue weighted by molar-refractivity contribution is -0.128. The first-order valence-electron chi connectivity index (χ1n) is 3.51. The molecule has 0 aliphatic heterocycles. The first-order valence-corrected chi connectivity index (χ1v) is 3.51. The van der Waals surface area contributed by atoms with Gasteiger partial charge in [0.1, 0.15) is 0 Å². The van der Waals surface area contributed by atoms with Crippen molar-refractivity contribution < 1.29 is 4.79 Å². The van der Waals surface area contributed by atoms with E-state index < -0.39 is 0 Å². The second-order valence-electron chi connectivity index (χ2n) is 2.61. The van der Waals surface area contributed by atoms with Gasteiger partial charge in [-0.1, -0.05) is 20.3 Å². The summed E-state index contributed by atoms with van der Waals surface area (Å²) in [6, 6.07) is 0. The average molecular weight is 144 g/mol. The molecule has 0 heterocycles. The average Bonchev–Trinajstić information content (AvgIpc) is 1.87. The van der Waals surface area contributed by atoms with E-state index in [4.69, 9.17) is 0 Å². The van der Waals surface area contributed by atoms with E-state index in [-0.39, 0.29) is 5.91 Å². The van der Waals surface area contributed by atoms with Gasteiger partial charge < -0.3 is 10.3 Å². The highest BCUT2D eigenvalue weighted by atomic mass is 16.5. The third-order valence-corrected chi connectivity index (χ3v) is 1.57. The van der Waals surface area contributed by atoms with Gasteiger partial charge in [0, 0.05) is 6.42 Å². The maximum atomic E-state index is 10.7. The molecule has 0 aromatic rings. The molecular weight excluding hydrogens is 130 g/mol. The van der Waals surface area contributed by atoms with Gasteiger partial charge in [-0.25, -0.2) is 0 Å². The molecule has 1 amide bonds. The Morgan fingerprint density at radius 3 is 2.50 bits per heavy atom. The van der Waals surface area contributed by atoms with Crippen LogP contribution < -0.4 is 0 Å². The SMILES string of the molecule is CCC(C)CC(=O)N(C)[O-]. The van der Waals surface area contributed by atoms with E-state index in [1.807, 2.05) is 13.8 Å². The zero-order valence-corrected chi connectivity index (χ0v) is 6.76. The van der Waals surface area contributed by atoms with Crippen molar-refractivity contribution in [2.75, 3.05) is 7.05 Å². The molecule has 1 unspecified atom stereocenters. The highest BCUT2D eigenvalue weighted by Gasteiger charge is 2.05. The maximum absolute atomic E-state index is 10.7. The molecule has 3 nitrogen and oxygen atoms in total. The van der Waals surface area contributed by atoms with Crippen molar-refractivity contribution in [1.82, 2.24) is 5.06 Å². The largest absolute Gasteiger partial charge is 0.756 e. The van der Waals surface area contributed by atoms with E-state index in [2.05, 4.69) is 0 Å². The fraction of sp³-hybridized carbons (Fsp3) is 0.857. The van der Waals surface area contributed by atoms with Gasteiger partial charge in [0.05, 0.1) is 0 Å². The molecule has 0 saturated heterocycles. The number of nitrogens with zero attached hydrogens (tertiary/aromatic N) is 1. The molecule has 0 radical (unpaired) electrons. The summed E-state index contributed by atoms with van der Waals surface area (Å²) in [6.07, 6.45) is 1.32. The predicted octanol–water partition coefficient (Wildman–Crippen LogP) is 1.38. The first-order chi connectivity index (χ1) is 4.57. The van der Waals surface area contributed by atoms with Crippen LogP contribution in [-0.2, 0) is 4.79 Å². The third kappa shape index (κ3) is 3.45. The normalized spacial score (nSPS) is 12.8. The van der Waals surface area contributed by atoms with Crippen molar-refractivity contribution in [2.45, 2.75) is 26.7 Å². The summed E-state index contributed by atoms with van der Waals surface area (Å²) in [6.45, 7) is 3.96. The summed E-state index contributed by atoms with van der Waals surface area (Å²) in [7, 11) is 1.24. The molecule has 0 aromatic heterocycles. The number of rotatable bonds is 3. The van der Waals surface area contributed by atoms with E-state index in [1.54, 1.807) is 0 Å². The van der Waals surface area contributed by atoms with Crippen LogP contribution in [0.1, 0.15) is 26.7 Å². The minimum Gasteiger partial charge on any atom is -0.756 e. The summed E-state index contributed by atoms with van der Waals surface area (Å²) >= 11 is 0. The maximum Gasteiger partial charge on any atom is 0.212 e. The van der Waals surface area contributed by atoms with Gasteiger partial charge in [-0.3, -0.25) is 4.79 Å². The van der Waals surface area contributed by atoms with Crippen LogP contribution in [0.3, 0.4) is 0 Å². The Morgan fingerprint density at radius 2 is 2.20 bits per heavy atom. The Bertz CT molecular complexity index is 112. The van der Waals surface area contributed by atoms with Gasteiger partial charge in [0.25, 0.3) is 0 Å². The van der Waals surface area contributed by atoms with Crippen LogP contribution in [0.4, 0.5) is 0 Å². The second kappa shape index (κ2) is 4.28. The van der Waals surface area contributed by atoms with Crippen molar-refractivity contribution >= 4 is 5.91 Å². The van der Waals surface area contributed by atoms with Crippen molar-refractivity contribution in [3.8, 4) is 0 Å². The van der Waals surface area contributed by atoms with Gasteiger partial charge in [0.2, 0.25) is 5.91 Å². The van der Waals surface area contributed by atoms with Gasteiger partial charge in [-0.05, 0) is 13.0 Å². The van der Waals surface area contributed by atoms with E-state index in [1.165, 1.54) is 7.05 Å². The van der Waals surface area contributed by atoms with Gasteiger partial charge >= 0.3 is 0 Å². The molecule has 1 atom stereocenters.